The molecule has 0 aromatic heterocycles. The van der Waals surface area contributed by atoms with Crippen molar-refractivity contribution in [3.63, 3.8) is 0 Å². The molecule has 1 atom stereocenters. The van der Waals surface area contributed by atoms with Gasteiger partial charge in [-0.05, 0) is 43.3 Å². The summed E-state index contributed by atoms with van der Waals surface area (Å²) >= 11 is 0. The van der Waals surface area contributed by atoms with Crippen molar-refractivity contribution in [3.05, 3.63) is 65.0 Å². The first-order valence-corrected chi connectivity index (χ1v) is 6.50. The molecule has 0 aliphatic heterocycles. The van der Waals surface area contributed by atoms with Gasteiger partial charge in [0.05, 0.1) is 6.04 Å². The number of para-hydroxylation sites is 1. The number of aryl methyl sites for hydroxylation is 1. The van der Waals surface area contributed by atoms with Crippen LogP contribution in [0, 0.1) is 12.7 Å². The minimum Gasteiger partial charge on any atom is -0.434 e. The quantitative estimate of drug-likeness (QED) is 0.898. The minimum absolute atomic E-state index is 0.107. The van der Waals surface area contributed by atoms with E-state index in [1.807, 2.05) is 0 Å². The van der Waals surface area contributed by atoms with Crippen molar-refractivity contribution >= 4 is 0 Å². The molecule has 0 radical (unpaired) electrons. The van der Waals surface area contributed by atoms with E-state index in [2.05, 4.69) is 10.1 Å². The first kappa shape index (κ1) is 15.4. The van der Waals surface area contributed by atoms with E-state index >= 15 is 0 Å². The van der Waals surface area contributed by atoms with E-state index in [1.54, 1.807) is 38.2 Å². The SMILES string of the molecule is CNC(c1ccc(F)cc1C)c1ccccc1OC(F)F. The molecule has 0 amide bonds. The molecule has 2 nitrogen and oxygen atoms in total. The molecule has 0 bridgehead atoms. The monoisotopic (exact) mass is 295 g/mol. The van der Waals surface area contributed by atoms with Crippen LogP contribution in [0.15, 0.2) is 42.5 Å². The van der Waals surface area contributed by atoms with E-state index < -0.39 is 6.61 Å². The van der Waals surface area contributed by atoms with Crippen molar-refractivity contribution in [2.24, 2.45) is 0 Å². The summed E-state index contributed by atoms with van der Waals surface area (Å²) in [7, 11) is 1.71. The lowest BCUT2D eigenvalue weighted by Crippen LogP contribution is -2.20. The van der Waals surface area contributed by atoms with Gasteiger partial charge in [0.2, 0.25) is 0 Å². The van der Waals surface area contributed by atoms with Crippen LogP contribution in [0.2, 0.25) is 0 Å². The Morgan fingerprint density at radius 3 is 2.38 bits per heavy atom. The zero-order valence-corrected chi connectivity index (χ0v) is 11.7. The largest absolute Gasteiger partial charge is 0.434 e. The molecule has 1 unspecified atom stereocenters. The number of alkyl halides is 2. The van der Waals surface area contributed by atoms with Gasteiger partial charge < -0.3 is 10.1 Å². The Labute approximate surface area is 121 Å². The Kier molecular flexibility index (Phi) is 4.85. The highest BCUT2D eigenvalue weighted by Gasteiger charge is 2.20. The summed E-state index contributed by atoms with van der Waals surface area (Å²) in [4.78, 5) is 0. The second-order valence-electron chi connectivity index (χ2n) is 4.64. The summed E-state index contributed by atoms with van der Waals surface area (Å²) in [6.07, 6.45) is 0. The standard InChI is InChI=1S/C16H16F3NO/c1-10-9-11(17)7-8-12(10)15(20-2)13-5-3-4-6-14(13)21-16(18)19/h3-9,15-16,20H,1-2H3. The smallest absolute Gasteiger partial charge is 0.387 e. The summed E-state index contributed by atoms with van der Waals surface area (Å²) in [6, 6.07) is 10.6. The van der Waals surface area contributed by atoms with Crippen LogP contribution in [0.5, 0.6) is 5.75 Å². The number of halogens is 3. The highest BCUT2D eigenvalue weighted by Crippen LogP contribution is 2.32. The van der Waals surface area contributed by atoms with Crippen LogP contribution in [0.1, 0.15) is 22.7 Å². The van der Waals surface area contributed by atoms with Crippen molar-refractivity contribution in [1.82, 2.24) is 5.32 Å². The topological polar surface area (TPSA) is 21.3 Å². The number of ether oxygens (including phenoxy) is 1. The molecule has 0 saturated carbocycles. The van der Waals surface area contributed by atoms with Crippen molar-refractivity contribution in [3.8, 4) is 5.75 Å². The first-order chi connectivity index (χ1) is 10.0. The maximum absolute atomic E-state index is 13.2. The average Bonchev–Trinajstić information content (AvgIpc) is 2.43. The maximum Gasteiger partial charge on any atom is 0.387 e. The van der Waals surface area contributed by atoms with Gasteiger partial charge in [-0.2, -0.15) is 8.78 Å². The Bertz CT molecular complexity index is 616. The highest BCUT2D eigenvalue weighted by atomic mass is 19.3. The number of benzene rings is 2. The second-order valence-corrected chi connectivity index (χ2v) is 4.64. The van der Waals surface area contributed by atoms with Gasteiger partial charge in [0.1, 0.15) is 11.6 Å². The predicted molar refractivity (Wildman–Crippen MR) is 75.1 cm³/mol. The van der Waals surface area contributed by atoms with Crippen molar-refractivity contribution in [1.29, 1.82) is 0 Å². The van der Waals surface area contributed by atoms with Crippen LogP contribution in [0.25, 0.3) is 0 Å². The fourth-order valence-electron chi connectivity index (χ4n) is 2.36. The van der Waals surface area contributed by atoms with Crippen LogP contribution in [0.3, 0.4) is 0 Å². The average molecular weight is 295 g/mol. The zero-order valence-electron chi connectivity index (χ0n) is 11.7. The van der Waals surface area contributed by atoms with Gasteiger partial charge >= 0.3 is 6.61 Å². The Hall–Kier alpha value is -2.01. The molecular weight excluding hydrogens is 279 g/mol. The molecule has 112 valence electrons. The molecule has 1 N–H and O–H groups in total. The number of nitrogens with one attached hydrogen (secondary N) is 1. The Balaban J connectivity index is 2.46. The molecule has 2 aromatic rings. The Morgan fingerprint density at radius 1 is 1.05 bits per heavy atom. The van der Waals surface area contributed by atoms with E-state index in [-0.39, 0.29) is 17.6 Å². The van der Waals surface area contributed by atoms with Crippen LogP contribution >= 0.6 is 0 Å². The summed E-state index contributed by atoms with van der Waals surface area (Å²) in [5, 5.41) is 3.06. The fraction of sp³-hybridized carbons (Fsp3) is 0.250. The van der Waals surface area contributed by atoms with Crippen molar-refractivity contribution in [2.45, 2.75) is 19.6 Å². The molecular formula is C16H16F3NO. The van der Waals surface area contributed by atoms with E-state index in [0.29, 0.717) is 5.56 Å². The van der Waals surface area contributed by atoms with E-state index in [4.69, 9.17) is 0 Å². The summed E-state index contributed by atoms with van der Waals surface area (Å²) in [6.45, 7) is -1.11. The van der Waals surface area contributed by atoms with Gasteiger partial charge in [0.15, 0.2) is 0 Å². The lowest BCUT2D eigenvalue weighted by atomic mass is 9.94. The van der Waals surface area contributed by atoms with Crippen LogP contribution in [0.4, 0.5) is 13.2 Å². The predicted octanol–water partition coefficient (Wildman–Crippen LogP) is 4.04. The number of rotatable bonds is 5. The third-order valence-electron chi connectivity index (χ3n) is 3.28. The summed E-state index contributed by atoms with van der Waals surface area (Å²) in [5.41, 5.74) is 2.13. The van der Waals surface area contributed by atoms with E-state index in [0.717, 1.165) is 11.1 Å². The third-order valence-corrected chi connectivity index (χ3v) is 3.28. The van der Waals surface area contributed by atoms with Gasteiger partial charge in [0, 0.05) is 5.56 Å². The minimum atomic E-state index is -2.89. The van der Waals surface area contributed by atoms with Gasteiger partial charge in [-0.15, -0.1) is 0 Å². The molecule has 21 heavy (non-hydrogen) atoms. The van der Waals surface area contributed by atoms with Crippen LogP contribution in [-0.4, -0.2) is 13.7 Å². The lowest BCUT2D eigenvalue weighted by Gasteiger charge is -2.22. The van der Waals surface area contributed by atoms with Crippen molar-refractivity contribution in [2.75, 3.05) is 7.05 Å². The van der Waals surface area contributed by atoms with Gasteiger partial charge in [0.25, 0.3) is 0 Å². The van der Waals surface area contributed by atoms with E-state index in [1.165, 1.54) is 18.2 Å². The van der Waals surface area contributed by atoms with Crippen molar-refractivity contribution < 1.29 is 17.9 Å². The Morgan fingerprint density at radius 2 is 1.76 bits per heavy atom. The molecule has 2 rings (SSSR count). The zero-order chi connectivity index (χ0) is 15.4. The molecule has 0 aliphatic carbocycles. The van der Waals surface area contributed by atoms with Gasteiger partial charge in [-0.1, -0.05) is 24.3 Å². The first-order valence-electron chi connectivity index (χ1n) is 6.50. The molecule has 2 aromatic carbocycles. The summed E-state index contributed by atoms with van der Waals surface area (Å²) < 4.78 is 42.8. The normalized spacial score (nSPS) is 12.5. The number of hydrogen-bond acceptors (Lipinski definition) is 2. The molecule has 0 fully saturated rings. The lowest BCUT2D eigenvalue weighted by molar-refractivity contribution is -0.0506. The number of hydrogen-bond donors (Lipinski definition) is 1. The van der Waals surface area contributed by atoms with E-state index in [9.17, 15) is 13.2 Å². The molecule has 0 spiro atoms. The van der Waals surface area contributed by atoms with Crippen LogP contribution < -0.4 is 10.1 Å². The third kappa shape index (κ3) is 3.55. The highest BCUT2D eigenvalue weighted by molar-refractivity contribution is 5.44. The van der Waals surface area contributed by atoms with Crippen LogP contribution in [-0.2, 0) is 0 Å². The maximum atomic E-state index is 13.2. The fourth-order valence-corrected chi connectivity index (χ4v) is 2.36. The second kappa shape index (κ2) is 6.63. The van der Waals surface area contributed by atoms with Gasteiger partial charge in [-0.25, -0.2) is 4.39 Å². The molecule has 0 saturated heterocycles. The molecule has 5 heteroatoms. The summed E-state index contributed by atoms with van der Waals surface area (Å²) in [5.74, 6) is -0.223. The molecule has 0 aliphatic rings. The molecule has 0 heterocycles. The van der Waals surface area contributed by atoms with Gasteiger partial charge in [-0.3, -0.25) is 0 Å².